The van der Waals surface area contributed by atoms with E-state index >= 15 is 0 Å². The maximum Gasteiger partial charge on any atom is 0.122 e. The molecule has 0 bridgehead atoms. The third-order valence-corrected chi connectivity index (χ3v) is 3.59. The summed E-state index contributed by atoms with van der Waals surface area (Å²) in [5, 5.41) is 0. The molecule has 0 radical (unpaired) electrons. The number of aryl methyl sites for hydroxylation is 1. The normalized spacial score (nSPS) is 11.0. The highest BCUT2D eigenvalue weighted by Crippen LogP contribution is 2.28. The lowest BCUT2D eigenvalue weighted by Crippen LogP contribution is -2.25. The zero-order valence-electron chi connectivity index (χ0n) is 11.3. The van der Waals surface area contributed by atoms with Gasteiger partial charge in [0.1, 0.15) is 5.75 Å². The maximum atomic E-state index is 5.72. The molecule has 3 nitrogen and oxygen atoms in total. The van der Waals surface area contributed by atoms with Crippen molar-refractivity contribution in [3.63, 3.8) is 0 Å². The Morgan fingerprint density at radius 1 is 1.12 bits per heavy atom. The highest BCUT2D eigenvalue weighted by molar-refractivity contribution is 5.48. The third-order valence-electron chi connectivity index (χ3n) is 3.59. The Balaban J connectivity index is 3.12. The summed E-state index contributed by atoms with van der Waals surface area (Å²) < 4.78 is 5.37. The van der Waals surface area contributed by atoms with Crippen LogP contribution in [0.1, 0.15) is 22.3 Å². The highest BCUT2D eigenvalue weighted by atomic mass is 16.5. The molecule has 0 aliphatic rings. The van der Waals surface area contributed by atoms with Crippen molar-refractivity contribution in [3.8, 4) is 5.75 Å². The summed E-state index contributed by atoms with van der Waals surface area (Å²) in [6.07, 6.45) is 0.954. The molecule has 4 N–H and O–H groups in total. The van der Waals surface area contributed by atoms with Crippen LogP contribution >= 0.6 is 0 Å². The summed E-state index contributed by atoms with van der Waals surface area (Å²) in [6.45, 7) is 7.64. The van der Waals surface area contributed by atoms with Crippen molar-refractivity contribution < 1.29 is 4.74 Å². The number of rotatable bonds is 5. The van der Waals surface area contributed by atoms with Crippen LogP contribution in [-0.2, 0) is 6.42 Å². The van der Waals surface area contributed by atoms with E-state index in [1.165, 1.54) is 22.3 Å². The lowest BCUT2D eigenvalue weighted by Gasteiger charge is -2.19. The van der Waals surface area contributed by atoms with Crippen molar-refractivity contribution in [2.45, 2.75) is 27.2 Å². The first-order valence-electron chi connectivity index (χ1n) is 6.08. The molecule has 0 aromatic heterocycles. The Labute approximate surface area is 104 Å². The number of hydrogen-bond donors (Lipinski definition) is 2. The van der Waals surface area contributed by atoms with Gasteiger partial charge in [-0.05, 0) is 74.5 Å². The zero-order chi connectivity index (χ0) is 13.0. The second-order valence-corrected chi connectivity index (χ2v) is 4.67. The van der Waals surface area contributed by atoms with E-state index in [0.717, 1.165) is 12.2 Å². The van der Waals surface area contributed by atoms with Crippen LogP contribution in [0.15, 0.2) is 6.07 Å². The highest BCUT2D eigenvalue weighted by Gasteiger charge is 2.14. The van der Waals surface area contributed by atoms with Gasteiger partial charge in [0, 0.05) is 0 Å². The maximum absolute atomic E-state index is 5.72. The van der Waals surface area contributed by atoms with Crippen LogP contribution in [0.25, 0.3) is 0 Å². The summed E-state index contributed by atoms with van der Waals surface area (Å²) in [4.78, 5) is 0. The first-order chi connectivity index (χ1) is 8.04. The third kappa shape index (κ3) is 2.99. The molecule has 0 spiro atoms. The molecular weight excluding hydrogens is 212 g/mol. The van der Waals surface area contributed by atoms with Gasteiger partial charge in [0.15, 0.2) is 0 Å². The van der Waals surface area contributed by atoms with E-state index in [0.29, 0.717) is 19.0 Å². The molecule has 17 heavy (non-hydrogen) atoms. The van der Waals surface area contributed by atoms with Crippen LogP contribution in [-0.4, -0.2) is 20.2 Å². The molecule has 0 saturated carbocycles. The van der Waals surface area contributed by atoms with E-state index < -0.39 is 0 Å². The summed E-state index contributed by atoms with van der Waals surface area (Å²) in [5.41, 5.74) is 16.6. The Kier molecular flexibility index (Phi) is 4.97. The molecule has 0 unspecified atom stereocenters. The van der Waals surface area contributed by atoms with Gasteiger partial charge in [-0.25, -0.2) is 0 Å². The van der Waals surface area contributed by atoms with Crippen molar-refractivity contribution >= 4 is 0 Å². The van der Waals surface area contributed by atoms with E-state index in [-0.39, 0.29) is 0 Å². The zero-order valence-corrected chi connectivity index (χ0v) is 11.3. The van der Waals surface area contributed by atoms with Crippen LogP contribution in [0.2, 0.25) is 0 Å². The average Bonchev–Trinajstić information content (AvgIpc) is 2.34. The van der Waals surface area contributed by atoms with Gasteiger partial charge in [-0.3, -0.25) is 0 Å². The molecule has 0 fully saturated rings. The van der Waals surface area contributed by atoms with Gasteiger partial charge in [0.05, 0.1) is 7.11 Å². The fourth-order valence-corrected chi connectivity index (χ4v) is 2.18. The summed E-state index contributed by atoms with van der Waals surface area (Å²) >= 11 is 0. The number of benzene rings is 1. The van der Waals surface area contributed by atoms with Gasteiger partial charge in [0.25, 0.3) is 0 Å². The molecular formula is C14H24N2O. The first-order valence-corrected chi connectivity index (χ1v) is 6.08. The average molecular weight is 236 g/mol. The predicted octanol–water partition coefficient (Wildman–Crippen LogP) is 1.70. The number of methoxy groups -OCH3 is 1. The molecule has 1 aromatic rings. The lowest BCUT2D eigenvalue weighted by molar-refractivity contribution is 0.410. The minimum atomic E-state index is 0.361. The minimum Gasteiger partial charge on any atom is -0.496 e. The quantitative estimate of drug-likeness (QED) is 0.818. The molecule has 0 aliphatic carbocycles. The van der Waals surface area contributed by atoms with Crippen LogP contribution in [0.4, 0.5) is 0 Å². The molecule has 1 aromatic carbocycles. The van der Waals surface area contributed by atoms with Crippen molar-refractivity contribution in [3.05, 3.63) is 28.3 Å². The van der Waals surface area contributed by atoms with Gasteiger partial charge in [0.2, 0.25) is 0 Å². The van der Waals surface area contributed by atoms with E-state index in [9.17, 15) is 0 Å². The molecule has 0 heterocycles. The predicted molar refractivity (Wildman–Crippen MR) is 72.5 cm³/mol. The monoisotopic (exact) mass is 236 g/mol. The Morgan fingerprint density at radius 2 is 1.71 bits per heavy atom. The topological polar surface area (TPSA) is 61.3 Å². The lowest BCUT2D eigenvalue weighted by atomic mass is 9.90. The molecule has 1 rings (SSSR count). The minimum absolute atomic E-state index is 0.361. The van der Waals surface area contributed by atoms with Crippen LogP contribution in [0, 0.1) is 26.7 Å². The fourth-order valence-electron chi connectivity index (χ4n) is 2.18. The number of nitrogens with two attached hydrogens (primary N) is 2. The van der Waals surface area contributed by atoms with Crippen molar-refractivity contribution in [2.24, 2.45) is 17.4 Å². The smallest absolute Gasteiger partial charge is 0.122 e. The van der Waals surface area contributed by atoms with E-state index in [2.05, 4.69) is 26.8 Å². The van der Waals surface area contributed by atoms with Gasteiger partial charge in [-0.15, -0.1) is 0 Å². The second-order valence-electron chi connectivity index (χ2n) is 4.67. The van der Waals surface area contributed by atoms with E-state index in [1.807, 2.05) is 0 Å². The summed E-state index contributed by atoms with van der Waals surface area (Å²) in [5.74, 6) is 1.32. The fraction of sp³-hybridized carbons (Fsp3) is 0.571. The van der Waals surface area contributed by atoms with Gasteiger partial charge in [-0.1, -0.05) is 0 Å². The molecule has 3 heteroatoms. The summed E-state index contributed by atoms with van der Waals surface area (Å²) in [7, 11) is 1.71. The molecule has 0 saturated heterocycles. The molecule has 0 aliphatic heterocycles. The van der Waals surface area contributed by atoms with Crippen molar-refractivity contribution in [1.82, 2.24) is 0 Å². The van der Waals surface area contributed by atoms with Crippen LogP contribution in [0.5, 0.6) is 5.75 Å². The van der Waals surface area contributed by atoms with Crippen molar-refractivity contribution in [2.75, 3.05) is 20.2 Å². The molecule has 0 amide bonds. The van der Waals surface area contributed by atoms with E-state index in [1.54, 1.807) is 7.11 Å². The Hall–Kier alpha value is -1.06. The SMILES string of the molecule is COc1cc(C)c(CC(CN)CN)c(C)c1C. The Morgan fingerprint density at radius 3 is 2.18 bits per heavy atom. The molecule has 96 valence electrons. The Bertz CT molecular complexity index is 384. The van der Waals surface area contributed by atoms with Crippen LogP contribution < -0.4 is 16.2 Å². The van der Waals surface area contributed by atoms with Gasteiger partial charge < -0.3 is 16.2 Å². The number of hydrogen-bond acceptors (Lipinski definition) is 3. The van der Waals surface area contributed by atoms with Gasteiger partial charge in [-0.2, -0.15) is 0 Å². The first kappa shape index (κ1) is 14.0. The second kappa shape index (κ2) is 6.03. The largest absolute Gasteiger partial charge is 0.496 e. The standard InChI is InChI=1S/C14H24N2O/c1-9-5-14(17-4)11(3)10(2)13(9)6-12(7-15)8-16/h5,12H,6-8,15-16H2,1-4H3. The summed E-state index contributed by atoms with van der Waals surface area (Å²) in [6, 6.07) is 2.10. The molecule has 0 atom stereocenters. The van der Waals surface area contributed by atoms with Crippen molar-refractivity contribution in [1.29, 1.82) is 0 Å². The number of ether oxygens (including phenoxy) is 1. The van der Waals surface area contributed by atoms with E-state index in [4.69, 9.17) is 16.2 Å². The van der Waals surface area contributed by atoms with Gasteiger partial charge >= 0.3 is 0 Å². The van der Waals surface area contributed by atoms with Crippen LogP contribution in [0.3, 0.4) is 0 Å².